The van der Waals surface area contributed by atoms with E-state index in [9.17, 15) is 30.3 Å². The highest BCUT2D eigenvalue weighted by Crippen LogP contribution is 2.35. The lowest BCUT2D eigenvalue weighted by atomic mass is 10.1. The number of hydrogen-bond donors (Lipinski definition) is 2. The van der Waals surface area contributed by atoms with Crippen molar-refractivity contribution in [2.45, 2.75) is 13.8 Å². The van der Waals surface area contributed by atoms with Crippen molar-refractivity contribution in [2.75, 3.05) is 17.5 Å². The highest BCUT2D eigenvalue weighted by atomic mass is 32.1. The van der Waals surface area contributed by atoms with Crippen LogP contribution in [0.4, 0.5) is 33.6 Å². The van der Waals surface area contributed by atoms with Crippen LogP contribution < -0.4 is 20.2 Å². The molecule has 3 aromatic carbocycles. The number of allylic oxidation sites excluding steroid dienone is 1. The highest BCUT2D eigenvalue weighted by Gasteiger charge is 2.21. The van der Waals surface area contributed by atoms with E-state index in [4.69, 9.17) is 9.47 Å². The number of anilines is 3. The Morgan fingerprint density at radius 2 is 1.63 bits per heavy atom. The van der Waals surface area contributed by atoms with Gasteiger partial charge in [0.05, 0.1) is 31.4 Å². The van der Waals surface area contributed by atoms with E-state index in [0.29, 0.717) is 32.9 Å². The molecule has 0 aliphatic carbocycles. The van der Waals surface area contributed by atoms with Gasteiger partial charge in [0.15, 0.2) is 16.6 Å². The second-order valence-corrected chi connectivity index (χ2v) is 10.1. The predicted molar refractivity (Wildman–Crippen MR) is 159 cm³/mol. The van der Waals surface area contributed by atoms with Crippen LogP contribution >= 0.6 is 11.3 Å². The fourth-order valence-corrected chi connectivity index (χ4v) is 5.01. The van der Waals surface area contributed by atoms with Gasteiger partial charge in [-0.2, -0.15) is 5.10 Å². The molecule has 1 aliphatic rings. The van der Waals surface area contributed by atoms with Gasteiger partial charge in [-0.3, -0.25) is 35.8 Å². The van der Waals surface area contributed by atoms with E-state index in [2.05, 4.69) is 20.8 Å². The predicted octanol–water partition coefficient (Wildman–Crippen LogP) is 6.49. The zero-order valence-electron chi connectivity index (χ0n) is 22.5. The molecule has 1 aliphatic heterocycles. The SMILES string of the molecule is Cc1ccc(Nc2nc(C)c(C(/C=C/c3ccc4c(c3)OCO4)=N/Nc3ccc([N+](=O)[O-])cc3[N+](=O)[O-])s2)c([N+](=O)[O-])c1. The van der Waals surface area contributed by atoms with E-state index < -0.39 is 26.1 Å². The first kappa shape index (κ1) is 28.6. The molecule has 0 unspecified atom stereocenters. The molecular weight excluding hydrogens is 582 g/mol. The minimum Gasteiger partial charge on any atom is -0.454 e. The van der Waals surface area contributed by atoms with Crippen molar-refractivity contribution in [3.63, 3.8) is 0 Å². The van der Waals surface area contributed by atoms with Gasteiger partial charge < -0.3 is 14.8 Å². The van der Waals surface area contributed by atoms with Gasteiger partial charge in [0.2, 0.25) is 6.79 Å². The molecule has 0 atom stereocenters. The maximum atomic E-state index is 11.6. The monoisotopic (exact) mass is 603 g/mol. The normalized spacial score (nSPS) is 12.4. The Bertz CT molecular complexity index is 1840. The van der Waals surface area contributed by atoms with Gasteiger partial charge in [-0.05, 0) is 55.3 Å². The number of thiazole rings is 1. The van der Waals surface area contributed by atoms with Crippen LogP contribution in [-0.4, -0.2) is 32.3 Å². The van der Waals surface area contributed by atoms with E-state index in [1.165, 1.54) is 12.1 Å². The summed E-state index contributed by atoms with van der Waals surface area (Å²) in [4.78, 5) is 37.5. The summed E-state index contributed by atoms with van der Waals surface area (Å²) in [5.74, 6) is 1.18. The Kier molecular flexibility index (Phi) is 7.93. The maximum Gasteiger partial charge on any atom is 0.301 e. The number of fused-ring (bicyclic) bond motifs is 1. The number of benzene rings is 3. The average molecular weight is 604 g/mol. The molecular formula is C27H21N7O8S. The lowest BCUT2D eigenvalue weighted by Crippen LogP contribution is -2.03. The number of nitrogens with zero attached hydrogens (tertiary/aromatic N) is 5. The third-order valence-electron chi connectivity index (χ3n) is 6.14. The minimum atomic E-state index is -0.749. The molecule has 15 nitrogen and oxygen atoms in total. The number of aryl methyl sites for hydroxylation is 2. The lowest BCUT2D eigenvalue weighted by Gasteiger charge is -2.05. The molecule has 2 heterocycles. The smallest absolute Gasteiger partial charge is 0.301 e. The van der Waals surface area contributed by atoms with Crippen LogP contribution in [0, 0.1) is 44.2 Å². The lowest BCUT2D eigenvalue weighted by molar-refractivity contribution is -0.393. The molecule has 0 fully saturated rings. The van der Waals surface area contributed by atoms with Crippen molar-refractivity contribution >= 4 is 56.7 Å². The van der Waals surface area contributed by atoms with Gasteiger partial charge in [0.25, 0.3) is 11.4 Å². The van der Waals surface area contributed by atoms with E-state index in [0.717, 1.165) is 34.6 Å². The number of aromatic nitrogens is 1. The van der Waals surface area contributed by atoms with Crippen LogP contribution in [0.25, 0.3) is 6.08 Å². The molecule has 16 heteroatoms. The molecule has 0 amide bonds. The fourth-order valence-electron chi connectivity index (χ4n) is 4.06. The molecule has 0 saturated heterocycles. The number of ether oxygens (including phenoxy) is 2. The second kappa shape index (κ2) is 11.9. The molecule has 0 spiro atoms. The first-order valence-electron chi connectivity index (χ1n) is 12.4. The standard InChI is InChI=1S/C27H21N7O8S/c1-15-3-7-19(22(11-15)33(37)38)29-27-28-16(2)26(43-27)21(8-4-17-5-10-24-25(12-17)42-14-41-24)31-30-20-9-6-18(32(35)36)13-23(20)34(39)40/h3-13,30H,14H2,1-2H3,(H,28,29)/b8-4+,31-21+. The number of hydrogen-bond acceptors (Lipinski definition) is 13. The van der Waals surface area contributed by atoms with Crippen molar-refractivity contribution in [3.8, 4) is 11.5 Å². The van der Waals surface area contributed by atoms with Crippen molar-refractivity contribution < 1.29 is 24.2 Å². The number of hydrazone groups is 1. The highest BCUT2D eigenvalue weighted by molar-refractivity contribution is 7.18. The third-order valence-corrected chi connectivity index (χ3v) is 7.23. The molecule has 0 bridgehead atoms. The average Bonchev–Trinajstić information content (AvgIpc) is 3.59. The summed E-state index contributed by atoms with van der Waals surface area (Å²) >= 11 is 1.16. The van der Waals surface area contributed by atoms with Crippen LogP contribution in [0.15, 0.2) is 65.8 Å². The van der Waals surface area contributed by atoms with Crippen LogP contribution in [0.2, 0.25) is 0 Å². The zero-order chi connectivity index (χ0) is 30.7. The Balaban J connectivity index is 1.52. The molecule has 2 N–H and O–H groups in total. The van der Waals surface area contributed by atoms with E-state index in [1.54, 1.807) is 56.3 Å². The summed E-state index contributed by atoms with van der Waals surface area (Å²) in [6.07, 6.45) is 3.39. The number of nitro benzene ring substituents is 3. The van der Waals surface area contributed by atoms with E-state index in [-0.39, 0.29) is 23.9 Å². The Hall–Kier alpha value is -5.90. The summed E-state index contributed by atoms with van der Waals surface area (Å²) in [5, 5.41) is 42.1. The minimum absolute atomic E-state index is 0.0691. The van der Waals surface area contributed by atoms with Crippen molar-refractivity contribution in [1.29, 1.82) is 0 Å². The summed E-state index contributed by atoms with van der Waals surface area (Å²) in [7, 11) is 0. The van der Waals surface area contributed by atoms with Crippen LogP contribution in [0.3, 0.4) is 0 Å². The topological polar surface area (TPSA) is 197 Å². The van der Waals surface area contributed by atoms with Gasteiger partial charge in [-0.15, -0.1) is 0 Å². The summed E-state index contributed by atoms with van der Waals surface area (Å²) < 4.78 is 10.8. The molecule has 0 radical (unpaired) electrons. The first-order valence-corrected chi connectivity index (χ1v) is 13.2. The Morgan fingerprint density at radius 1 is 0.907 bits per heavy atom. The maximum absolute atomic E-state index is 11.6. The van der Waals surface area contributed by atoms with Gasteiger partial charge in [0, 0.05) is 12.1 Å². The molecule has 1 aromatic heterocycles. The van der Waals surface area contributed by atoms with Crippen molar-refractivity contribution in [3.05, 3.63) is 113 Å². The first-order chi connectivity index (χ1) is 20.6. The number of non-ortho nitro benzene ring substituents is 1. The van der Waals surface area contributed by atoms with Gasteiger partial charge >= 0.3 is 5.69 Å². The van der Waals surface area contributed by atoms with E-state index >= 15 is 0 Å². The van der Waals surface area contributed by atoms with Crippen LogP contribution in [0.5, 0.6) is 11.5 Å². The summed E-state index contributed by atoms with van der Waals surface area (Å²) in [6.45, 7) is 3.58. The van der Waals surface area contributed by atoms with Gasteiger partial charge in [-0.25, -0.2) is 4.98 Å². The number of nitro groups is 3. The van der Waals surface area contributed by atoms with Crippen molar-refractivity contribution in [2.24, 2.45) is 5.10 Å². The van der Waals surface area contributed by atoms with Crippen LogP contribution in [-0.2, 0) is 0 Å². The van der Waals surface area contributed by atoms with Crippen LogP contribution in [0.1, 0.15) is 21.7 Å². The largest absolute Gasteiger partial charge is 0.454 e. The Morgan fingerprint density at radius 3 is 2.37 bits per heavy atom. The van der Waals surface area contributed by atoms with Gasteiger partial charge in [0.1, 0.15) is 17.1 Å². The zero-order valence-corrected chi connectivity index (χ0v) is 23.3. The molecule has 4 aromatic rings. The molecule has 43 heavy (non-hydrogen) atoms. The second-order valence-electron chi connectivity index (χ2n) is 9.11. The Labute approximate surface area is 246 Å². The van der Waals surface area contributed by atoms with Gasteiger partial charge in [-0.1, -0.05) is 29.5 Å². The third kappa shape index (κ3) is 6.38. The quantitative estimate of drug-likeness (QED) is 0.114. The number of nitrogens with one attached hydrogen (secondary N) is 2. The molecule has 5 rings (SSSR count). The summed E-state index contributed by atoms with van der Waals surface area (Å²) in [6, 6.07) is 13.3. The molecule has 0 saturated carbocycles. The summed E-state index contributed by atoms with van der Waals surface area (Å²) in [5.41, 5.74) is 4.05. The fraction of sp³-hybridized carbons (Fsp3) is 0.111. The molecule has 218 valence electrons. The number of rotatable bonds is 10. The van der Waals surface area contributed by atoms with E-state index in [1.807, 2.05) is 0 Å². The van der Waals surface area contributed by atoms with Crippen molar-refractivity contribution in [1.82, 2.24) is 4.98 Å².